The third-order valence-corrected chi connectivity index (χ3v) is 4.27. The Kier molecular flexibility index (Phi) is 5.61. The summed E-state index contributed by atoms with van der Waals surface area (Å²) in [6.45, 7) is 3.63. The number of rotatable bonds is 4. The molecule has 27 heavy (non-hydrogen) atoms. The number of anilines is 1. The average Bonchev–Trinajstić information content (AvgIpc) is 2.62. The van der Waals surface area contributed by atoms with Crippen LogP contribution in [0.3, 0.4) is 0 Å². The van der Waals surface area contributed by atoms with Crippen molar-refractivity contribution in [1.82, 2.24) is 9.88 Å². The molecule has 1 aliphatic heterocycles. The van der Waals surface area contributed by atoms with Crippen LogP contribution in [-0.2, 0) is 4.79 Å². The Labute approximate surface area is 157 Å². The number of nitrogens with one attached hydrogen (secondary N) is 1. The highest BCUT2D eigenvalue weighted by atomic mass is 19.1. The minimum absolute atomic E-state index is 0.202. The highest BCUT2D eigenvalue weighted by molar-refractivity contribution is 6.31. The van der Waals surface area contributed by atoms with Gasteiger partial charge < -0.3 is 11.1 Å². The van der Waals surface area contributed by atoms with Crippen LogP contribution in [0.15, 0.2) is 47.6 Å². The van der Waals surface area contributed by atoms with Gasteiger partial charge in [-0.1, -0.05) is 0 Å². The molecule has 3 rings (SSSR count). The van der Waals surface area contributed by atoms with E-state index in [0.29, 0.717) is 30.2 Å². The number of aliphatic imine (C=N–C) groups is 1. The first-order valence-electron chi connectivity index (χ1n) is 8.66. The van der Waals surface area contributed by atoms with Gasteiger partial charge in [0.25, 0.3) is 0 Å². The van der Waals surface area contributed by atoms with Gasteiger partial charge in [-0.05, 0) is 54.6 Å². The third-order valence-electron chi connectivity index (χ3n) is 4.27. The first kappa shape index (κ1) is 18.7. The summed E-state index contributed by atoms with van der Waals surface area (Å²) in [5, 5.41) is 2.68. The van der Waals surface area contributed by atoms with Gasteiger partial charge in [-0.15, -0.1) is 0 Å². The molecule has 0 saturated carbocycles. The molecule has 1 aliphatic rings. The molecule has 140 valence electrons. The molecule has 0 saturated heterocycles. The molecule has 0 atom stereocenters. The number of aromatic nitrogens is 1. The zero-order valence-corrected chi connectivity index (χ0v) is 15.4. The summed E-state index contributed by atoms with van der Waals surface area (Å²) in [4.78, 5) is 22.4. The molecule has 2 heterocycles. The van der Waals surface area contributed by atoms with Crippen molar-refractivity contribution in [2.45, 2.75) is 6.92 Å². The lowest BCUT2D eigenvalue weighted by Gasteiger charge is -2.25. The molecule has 0 aliphatic carbocycles. The number of pyridine rings is 1. The SMILES string of the molecule is CC(=O)Nc1cc(C(C2=NCCN(C)C2)=C(N)c2ccc(F)cc2)ccn1. The molecule has 1 amide bonds. The number of nitrogens with two attached hydrogens (primary N) is 1. The van der Waals surface area contributed by atoms with E-state index in [1.54, 1.807) is 24.4 Å². The molecule has 1 aromatic carbocycles. The smallest absolute Gasteiger partial charge is 0.222 e. The lowest BCUT2D eigenvalue weighted by atomic mass is 9.95. The van der Waals surface area contributed by atoms with E-state index in [2.05, 4.69) is 20.2 Å². The first-order valence-corrected chi connectivity index (χ1v) is 8.66. The van der Waals surface area contributed by atoms with Crippen LogP contribution < -0.4 is 11.1 Å². The molecule has 7 heteroatoms. The van der Waals surface area contributed by atoms with Crippen LogP contribution in [0.4, 0.5) is 10.2 Å². The van der Waals surface area contributed by atoms with Gasteiger partial charge in [0.1, 0.15) is 11.6 Å². The fourth-order valence-electron chi connectivity index (χ4n) is 2.98. The number of amides is 1. The quantitative estimate of drug-likeness (QED) is 0.869. The lowest BCUT2D eigenvalue weighted by molar-refractivity contribution is -0.114. The molecule has 1 aromatic heterocycles. The van der Waals surface area contributed by atoms with Crippen LogP contribution in [0.25, 0.3) is 11.3 Å². The molecule has 0 unspecified atom stereocenters. The zero-order valence-electron chi connectivity index (χ0n) is 15.4. The summed E-state index contributed by atoms with van der Waals surface area (Å²) >= 11 is 0. The van der Waals surface area contributed by atoms with Gasteiger partial charge in [0.2, 0.25) is 5.91 Å². The van der Waals surface area contributed by atoms with Crippen molar-refractivity contribution in [1.29, 1.82) is 0 Å². The molecule has 0 fully saturated rings. The summed E-state index contributed by atoms with van der Waals surface area (Å²) < 4.78 is 13.3. The van der Waals surface area contributed by atoms with E-state index in [4.69, 9.17) is 5.73 Å². The van der Waals surface area contributed by atoms with Gasteiger partial charge in [-0.2, -0.15) is 0 Å². The Morgan fingerprint density at radius 1 is 1.22 bits per heavy atom. The number of likely N-dealkylation sites (N-methyl/N-ethyl adjacent to an activating group) is 1. The van der Waals surface area contributed by atoms with E-state index >= 15 is 0 Å². The number of hydrogen-bond donors (Lipinski definition) is 2. The fourth-order valence-corrected chi connectivity index (χ4v) is 2.98. The summed E-state index contributed by atoms with van der Waals surface area (Å²) in [5.41, 5.74) is 10.1. The van der Waals surface area contributed by atoms with Crippen LogP contribution in [0.5, 0.6) is 0 Å². The van der Waals surface area contributed by atoms with Crippen molar-refractivity contribution in [3.05, 3.63) is 59.5 Å². The van der Waals surface area contributed by atoms with Crippen LogP contribution >= 0.6 is 0 Å². The molecule has 6 nitrogen and oxygen atoms in total. The Morgan fingerprint density at radius 3 is 2.63 bits per heavy atom. The van der Waals surface area contributed by atoms with E-state index in [9.17, 15) is 9.18 Å². The van der Waals surface area contributed by atoms with E-state index in [1.807, 2.05) is 13.1 Å². The van der Waals surface area contributed by atoms with Crippen molar-refractivity contribution in [2.75, 3.05) is 32.0 Å². The predicted molar refractivity (Wildman–Crippen MR) is 106 cm³/mol. The second-order valence-corrected chi connectivity index (χ2v) is 6.47. The molecule has 0 bridgehead atoms. The van der Waals surface area contributed by atoms with Crippen molar-refractivity contribution in [3.8, 4) is 0 Å². The van der Waals surface area contributed by atoms with Crippen molar-refractivity contribution in [3.63, 3.8) is 0 Å². The van der Waals surface area contributed by atoms with Gasteiger partial charge in [0.05, 0.1) is 12.3 Å². The maximum Gasteiger partial charge on any atom is 0.222 e. The largest absolute Gasteiger partial charge is 0.398 e. The second-order valence-electron chi connectivity index (χ2n) is 6.47. The monoisotopic (exact) mass is 367 g/mol. The summed E-state index contributed by atoms with van der Waals surface area (Å²) in [5.74, 6) is -0.0831. The van der Waals surface area contributed by atoms with Gasteiger partial charge in [0.15, 0.2) is 0 Å². The minimum Gasteiger partial charge on any atom is -0.398 e. The van der Waals surface area contributed by atoms with Gasteiger partial charge >= 0.3 is 0 Å². The second kappa shape index (κ2) is 8.09. The predicted octanol–water partition coefficient (Wildman–Crippen LogP) is 2.39. The van der Waals surface area contributed by atoms with Crippen LogP contribution in [-0.4, -0.2) is 48.2 Å². The van der Waals surface area contributed by atoms with Gasteiger partial charge in [0, 0.05) is 37.5 Å². The van der Waals surface area contributed by atoms with E-state index in [-0.39, 0.29) is 11.7 Å². The summed E-state index contributed by atoms with van der Waals surface area (Å²) in [6, 6.07) is 9.65. The highest BCUT2D eigenvalue weighted by Gasteiger charge is 2.20. The molecule has 0 spiro atoms. The van der Waals surface area contributed by atoms with Crippen molar-refractivity contribution in [2.24, 2.45) is 10.7 Å². The molecular formula is C20H22FN5O. The average molecular weight is 367 g/mol. The fraction of sp³-hybridized carbons (Fsp3) is 0.250. The number of benzene rings is 1. The zero-order chi connectivity index (χ0) is 19.4. The molecular weight excluding hydrogens is 345 g/mol. The van der Waals surface area contributed by atoms with Crippen LogP contribution in [0, 0.1) is 5.82 Å². The van der Waals surface area contributed by atoms with Crippen LogP contribution in [0.1, 0.15) is 18.1 Å². The van der Waals surface area contributed by atoms with E-state index in [1.165, 1.54) is 19.1 Å². The summed E-state index contributed by atoms with van der Waals surface area (Å²) in [7, 11) is 2.02. The molecule has 2 aromatic rings. The molecule has 3 N–H and O–H groups in total. The number of nitrogens with zero attached hydrogens (tertiary/aromatic N) is 3. The van der Waals surface area contributed by atoms with Crippen molar-refractivity contribution < 1.29 is 9.18 Å². The third kappa shape index (κ3) is 4.57. The number of halogens is 1. The molecule has 0 radical (unpaired) electrons. The van der Waals surface area contributed by atoms with Gasteiger partial charge in [-0.25, -0.2) is 9.37 Å². The van der Waals surface area contributed by atoms with E-state index in [0.717, 1.165) is 23.4 Å². The first-order chi connectivity index (χ1) is 12.9. The van der Waals surface area contributed by atoms with Crippen molar-refractivity contribution >= 4 is 28.7 Å². The van der Waals surface area contributed by atoms with Gasteiger partial charge in [-0.3, -0.25) is 14.7 Å². The Morgan fingerprint density at radius 2 is 1.96 bits per heavy atom. The highest BCUT2D eigenvalue weighted by Crippen LogP contribution is 2.27. The standard InChI is InChI=1S/C20H22FN5O/c1-13(27)25-18-11-15(7-8-24-18)19(17-12-26(2)10-9-23-17)20(22)14-3-5-16(21)6-4-14/h3-8,11H,9-10,12,22H2,1-2H3,(H,24,25,27). The minimum atomic E-state index is -0.320. The Bertz CT molecular complexity index is 905. The Balaban J connectivity index is 2.13. The number of carbonyl (C=O) groups is 1. The maximum atomic E-state index is 13.3. The lowest BCUT2D eigenvalue weighted by Crippen LogP contribution is -2.34. The number of hydrogen-bond acceptors (Lipinski definition) is 5. The normalized spacial score (nSPS) is 15.7. The topological polar surface area (TPSA) is 83.6 Å². The van der Waals surface area contributed by atoms with Crippen LogP contribution in [0.2, 0.25) is 0 Å². The Hall–Kier alpha value is -3.06. The number of carbonyl (C=O) groups excluding carboxylic acids is 1. The maximum absolute atomic E-state index is 13.3. The van der Waals surface area contributed by atoms with E-state index < -0.39 is 0 Å². The summed E-state index contributed by atoms with van der Waals surface area (Å²) in [6.07, 6.45) is 1.62.